The van der Waals surface area contributed by atoms with E-state index in [0.29, 0.717) is 45.6 Å². The van der Waals surface area contributed by atoms with Gasteiger partial charge in [-0.3, -0.25) is 9.69 Å². The number of halogens is 4. The zero-order valence-electron chi connectivity index (χ0n) is 10.2. The number of hydrogen-bond donors (Lipinski definition) is 1. The lowest BCUT2D eigenvalue weighted by atomic mass is 10.2. The summed E-state index contributed by atoms with van der Waals surface area (Å²) in [5, 5.41) is 0. The summed E-state index contributed by atoms with van der Waals surface area (Å²) < 4.78 is 24.2. The second-order valence-electron chi connectivity index (χ2n) is 3.96. The number of rotatable bonds is 5. The molecule has 1 heterocycles. The third-order valence-corrected chi connectivity index (χ3v) is 2.72. The third kappa shape index (κ3) is 7.31. The van der Waals surface area contributed by atoms with Crippen LogP contribution in [-0.2, 0) is 4.79 Å². The highest BCUT2D eigenvalue weighted by molar-refractivity contribution is 5.85. The molecule has 1 rings (SSSR count). The highest BCUT2D eigenvalue weighted by Gasteiger charge is 2.22. The van der Waals surface area contributed by atoms with Crippen molar-refractivity contribution in [2.45, 2.75) is 19.3 Å². The van der Waals surface area contributed by atoms with Gasteiger partial charge in [-0.25, -0.2) is 8.78 Å². The van der Waals surface area contributed by atoms with Crippen molar-refractivity contribution in [1.29, 1.82) is 0 Å². The lowest BCUT2D eigenvalue weighted by molar-refractivity contribution is -0.133. The summed E-state index contributed by atoms with van der Waals surface area (Å²) in [6.07, 6.45) is -1.14. The molecule has 2 N–H and O–H groups in total. The minimum Gasteiger partial charge on any atom is -0.340 e. The standard InChI is InChI=1S/C10H19F2N3O.2ClH/c11-9(12)8-14-4-6-15(7-5-14)10(16)2-1-3-13;;/h9H,1-8,13H2;2*1H. The molecule has 0 saturated carbocycles. The lowest BCUT2D eigenvalue weighted by Gasteiger charge is -2.34. The van der Waals surface area contributed by atoms with Gasteiger partial charge in [-0.1, -0.05) is 0 Å². The van der Waals surface area contributed by atoms with E-state index in [1.165, 1.54) is 0 Å². The summed E-state index contributed by atoms with van der Waals surface area (Å²) >= 11 is 0. The third-order valence-electron chi connectivity index (χ3n) is 2.72. The van der Waals surface area contributed by atoms with Gasteiger partial charge in [-0.2, -0.15) is 0 Å². The van der Waals surface area contributed by atoms with E-state index in [2.05, 4.69) is 0 Å². The van der Waals surface area contributed by atoms with Crippen molar-refractivity contribution in [3.63, 3.8) is 0 Å². The van der Waals surface area contributed by atoms with Gasteiger partial charge in [0.1, 0.15) is 0 Å². The highest BCUT2D eigenvalue weighted by atomic mass is 35.5. The maximum atomic E-state index is 12.1. The summed E-state index contributed by atoms with van der Waals surface area (Å²) in [7, 11) is 0. The molecule has 0 unspecified atom stereocenters. The molecule has 0 bridgehead atoms. The molecule has 1 aliphatic rings. The average Bonchev–Trinajstić information content (AvgIpc) is 2.26. The van der Waals surface area contributed by atoms with E-state index in [0.717, 1.165) is 0 Å². The summed E-state index contributed by atoms with van der Waals surface area (Å²) in [5.74, 6) is 0.0853. The van der Waals surface area contributed by atoms with Crippen LogP contribution >= 0.6 is 24.8 Å². The molecule has 0 aliphatic carbocycles. The van der Waals surface area contributed by atoms with Crippen LogP contribution in [0.2, 0.25) is 0 Å². The first-order valence-electron chi connectivity index (χ1n) is 5.62. The lowest BCUT2D eigenvalue weighted by Crippen LogP contribution is -2.49. The van der Waals surface area contributed by atoms with Gasteiger partial charge in [0.15, 0.2) is 0 Å². The molecular weight excluding hydrogens is 287 g/mol. The van der Waals surface area contributed by atoms with E-state index < -0.39 is 6.43 Å². The molecule has 1 saturated heterocycles. The Kier molecular flexibility index (Phi) is 12.0. The van der Waals surface area contributed by atoms with E-state index in [1.54, 1.807) is 9.80 Å². The maximum Gasteiger partial charge on any atom is 0.251 e. The van der Waals surface area contributed by atoms with E-state index in [9.17, 15) is 13.6 Å². The van der Waals surface area contributed by atoms with Crippen molar-refractivity contribution in [3.8, 4) is 0 Å². The first-order valence-corrected chi connectivity index (χ1v) is 5.62. The Morgan fingerprint density at radius 2 is 1.72 bits per heavy atom. The van der Waals surface area contributed by atoms with Gasteiger partial charge >= 0.3 is 0 Å². The van der Waals surface area contributed by atoms with Gasteiger partial charge in [0.2, 0.25) is 5.91 Å². The smallest absolute Gasteiger partial charge is 0.251 e. The van der Waals surface area contributed by atoms with Crippen LogP contribution in [0.25, 0.3) is 0 Å². The Bertz CT molecular complexity index is 227. The van der Waals surface area contributed by atoms with Crippen LogP contribution in [-0.4, -0.2) is 61.4 Å². The number of nitrogens with two attached hydrogens (primary N) is 1. The fourth-order valence-electron chi connectivity index (χ4n) is 1.79. The quantitative estimate of drug-likeness (QED) is 0.824. The average molecular weight is 308 g/mol. The van der Waals surface area contributed by atoms with Crippen LogP contribution < -0.4 is 5.73 Å². The molecule has 0 aromatic carbocycles. The first kappa shape index (κ1) is 20.2. The fourth-order valence-corrected chi connectivity index (χ4v) is 1.79. The van der Waals surface area contributed by atoms with Crippen LogP contribution in [0, 0.1) is 0 Å². The summed E-state index contributed by atoms with van der Waals surface area (Å²) in [6, 6.07) is 0. The van der Waals surface area contributed by atoms with Crippen LogP contribution in [0.15, 0.2) is 0 Å². The molecule has 1 amide bonds. The first-order chi connectivity index (χ1) is 7.63. The zero-order valence-corrected chi connectivity index (χ0v) is 11.8. The van der Waals surface area contributed by atoms with Crippen molar-refractivity contribution in [2.75, 3.05) is 39.3 Å². The normalized spacial score (nSPS) is 16.1. The Morgan fingerprint density at radius 1 is 1.17 bits per heavy atom. The van der Waals surface area contributed by atoms with Gasteiger partial charge < -0.3 is 10.6 Å². The van der Waals surface area contributed by atoms with Gasteiger partial charge in [0.25, 0.3) is 6.43 Å². The van der Waals surface area contributed by atoms with Crippen molar-refractivity contribution < 1.29 is 13.6 Å². The molecule has 0 radical (unpaired) electrons. The number of carbonyl (C=O) groups is 1. The van der Waals surface area contributed by atoms with Crippen LogP contribution in [0.4, 0.5) is 8.78 Å². The van der Waals surface area contributed by atoms with Crippen LogP contribution in [0.5, 0.6) is 0 Å². The number of piperazine rings is 1. The molecule has 0 atom stereocenters. The van der Waals surface area contributed by atoms with Gasteiger partial charge in [0.05, 0.1) is 6.54 Å². The molecule has 8 heteroatoms. The molecule has 0 spiro atoms. The van der Waals surface area contributed by atoms with Crippen molar-refractivity contribution in [2.24, 2.45) is 5.73 Å². The minimum absolute atomic E-state index is 0. The zero-order chi connectivity index (χ0) is 12.0. The molecule has 0 aromatic rings. The number of nitrogens with zero attached hydrogens (tertiary/aromatic N) is 2. The molecule has 1 aliphatic heterocycles. The SMILES string of the molecule is Cl.Cl.NCCCC(=O)N1CCN(CC(F)F)CC1. The second kappa shape index (κ2) is 10.7. The van der Waals surface area contributed by atoms with E-state index in [-0.39, 0.29) is 37.3 Å². The van der Waals surface area contributed by atoms with Crippen molar-refractivity contribution in [3.05, 3.63) is 0 Å². The molecule has 110 valence electrons. The summed E-state index contributed by atoms with van der Waals surface area (Å²) in [4.78, 5) is 15.0. The second-order valence-corrected chi connectivity index (χ2v) is 3.96. The van der Waals surface area contributed by atoms with E-state index >= 15 is 0 Å². The van der Waals surface area contributed by atoms with Gasteiger partial charge in [0, 0.05) is 32.6 Å². The van der Waals surface area contributed by atoms with Crippen molar-refractivity contribution in [1.82, 2.24) is 9.80 Å². The highest BCUT2D eigenvalue weighted by Crippen LogP contribution is 2.06. The molecular formula is C10H21Cl2F2N3O. The molecule has 4 nitrogen and oxygen atoms in total. The Balaban J connectivity index is 0. The monoisotopic (exact) mass is 307 g/mol. The largest absolute Gasteiger partial charge is 0.340 e. The number of amides is 1. The number of alkyl halides is 2. The predicted molar refractivity (Wildman–Crippen MR) is 71.8 cm³/mol. The van der Waals surface area contributed by atoms with Gasteiger partial charge in [-0.05, 0) is 13.0 Å². The van der Waals surface area contributed by atoms with Gasteiger partial charge in [-0.15, -0.1) is 24.8 Å². The van der Waals surface area contributed by atoms with Crippen LogP contribution in [0.1, 0.15) is 12.8 Å². The Morgan fingerprint density at radius 3 is 2.17 bits per heavy atom. The topological polar surface area (TPSA) is 49.6 Å². The maximum absolute atomic E-state index is 12.1. The number of carbonyl (C=O) groups excluding carboxylic acids is 1. The Hall–Kier alpha value is -0.170. The molecule has 0 aromatic heterocycles. The Labute approximate surface area is 119 Å². The number of hydrogen-bond acceptors (Lipinski definition) is 3. The summed E-state index contributed by atoms with van der Waals surface area (Å²) in [6.45, 7) is 2.51. The molecule has 18 heavy (non-hydrogen) atoms. The summed E-state index contributed by atoms with van der Waals surface area (Å²) in [5.41, 5.74) is 5.32. The molecule has 1 fully saturated rings. The van der Waals surface area contributed by atoms with Crippen LogP contribution in [0.3, 0.4) is 0 Å². The minimum atomic E-state index is -2.29. The fraction of sp³-hybridized carbons (Fsp3) is 0.900. The van der Waals surface area contributed by atoms with E-state index in [4.69, 9.17) is 5.73 Å². The van der Waals surface area contributed by atoms with Crippen molar-refractivity contribution >= 4 is 30.7 Å². The predicted octanol–water partition coefficient (Wildman–Crippen LogP) is 0.978. The van der Waals surface area contributed by atoms with E-state index in [1.807, 2.05) is 0 Å².